The second kappa shape index (κ2) is 6.31. The third-order valence-electron chi connectivity index (χ3n) is 4.16. The van der Waals surface area contributed by atoms with Crippen LogP contribution in [0, 0.1) is 20.3 Å². The Hall–Kier alpha value is -2.29. The number of allylic oxidation sites excluding steroid dienone is 4. The van der Waals surface area contributed by atoms with Gasteiger partial charge in [0, 0.05) is 0 Å². The van der Waals surface area contributed by atoms with E-state index in [0.717, 1.165) is 16.7 Å². The molecule has 1 radical (unpaired) electrons. The zero-order valence-corrected chi connectivity index (χ0v) is 13.6. The third-order valence-corrected chi connectivity index (χ3v) is 4.16. The van der Waals surface area contributed by atoms with Crippen molar-refractivity contribution in [3.05, 3.63) is 88.9 Å². The number of halogens is 3. The van der Waals surface area contributed by atoms with Crippen molar-refractivity contribution in [2.24, 2.45) is 0 Å². The number of hydrogen-bond acceptors (Lipinski definition) is 0. The molecule has 2 aromatic carbocycles. The molecular weight excluding hydrogens is 309 g/mol. The van der Waals surface area contributed by atoms with Crippen LogP contribution in [0.1, 0.15) is 28.7 Å². The van der Waals surface area contributed by atoms with Gasteiger partial charge in [0.1, 0.15) is 0 Å². The maximum absolute atomic E-state index is 13.6. The minimum Gasteiger partial charge on any atom is -0.166 e. The average Bonchev–Trinajstić information content (AvgIpc) is 2.54. The van der Waals surface area contributed by atoms with Gasteiger partial charge in [0.05, 0.1) is 5.57 Å². The van der Waals surface area contributed by atoms with Gasteiger partial charge in [-0.25, -0.2) is 0 Å². The first-order valence-electron chi connectivity index (χ1n) is 7.85. The van der Waals surface area contributed by atoms with E-state index in [4.69, 9.17) is 0 Å². The van der Waals surface area contributed by atoms with Crippen molar-refractivity contribution in [2.75, 3.05) is 0 Å². The highest BCUT2D eigenvalue weighted by Crippen LogP contribution is 2.45. The highest BCUT2D eigenvalue weighted by molar-refractivity contribution is 6.02. The molecule has 0 saturated carbocycles. The Morgan fingerprint density at radius 3 is 2.17 bits per heavy atom. The number of aryl methyl sites for hydroxylation is 2. The summed E-state index contributed by atoms with van der Waals surface area (Å²) in [5, 5.41) is 0. The lowest BCUT2D eigenvalue weighted by molar-refractivity contribution is -0.0873. The fourth-order valence-electron chi connectivity index (χ4n) is 3.01. The van der Waals surface area contributed by atoms with E-state index in [1.807, 2.05) is 56.7 Å². The van der Waals surface area contributed by atoms with Crippen LogP contribution in [0.2, 0.25) is 0 Å². The molecule has 24 heavy (non-hydrogen) atoms. The molecule has 0 saturated heterocycles. The molecular formula is C21H18F3. The van der Waals surface area contributed by atoms with Crippen molar-refractivity contribution in [1.82, 2.24) is 0 Å². The standard InChI is InChI=1S/C21H18F3/c1-14-9-11-16(12-10-14)20-18(17-6-3-5-15(2)13-17)7-4-8-19(20)21(22,23)24/h3,5-13H,4H2,1-2H3. The van der Waals surface area contributed by atoms with E-state index in [2.05, 4.69) is 0 Å². The SMILES string of the molecule is Cc1ccc(C2=C(c3cccc(C)c3)[CH]CC=C2C(F)(F)F)cc1. The molecule has 0 spiro atoms. The van der Waals surface area contributed by atoms with Gasteiger partial charge in [0.2, 0.25) is 0 Å². The third kappa shape index (κ3) is 3.30. The van der Waals surface area contributed by atoms with E-state index < -0.39 is 11.7 Å². The van der Waals surface area contributed by atoms with Gasteiger partial charge in [-0.15, -0.1) is 0 Å². The number of alkyl halides is 3. The van der Waals surface area contributed by atoms with Crippen molar-refractivity contribution in [1.29, 1.82) is 0 Å². The molecule has 0 nitrogen and oxygen atoms in total. The predicted octanol–water partition coefficient (Wildman–Crippen LogP) is 6.31. The normalized spacial score (nSPS) is 15.5. The summed E-state index contributed by atoms with van der Waals surface area (Å²) >= 11 is 0. The molecule has 0 unspecified atom stereocenters. The number of benzene rings is 2. The second-order valence-corrected chi connectivity index (χ2v) is 6.08. The Morgan fingerprint density at radius 2 is 1.54 bits per heavy atom. The van der Waals surface area contributed by atoms with Crippen molar-refractivity contribution < 1.29 is 13.2 Å². The van der Waals surface area contributed by atoms with Gasteiger partial charge >= 0.3 is 6.18 Å². The van der Waals surface area contributed by atoms with Crippen molar-refractivity contribution in [3.63, 3.8) is 0 Å². The summed E-state index contributed by atoms with van der Waals surface area (Å²) in [6.07, 6.45) is -0.940. The summed E-state index contributed by atoms with van der Waals surface area (Å²) in [4.78, 5) is 0. The largest absolute Gasteiger partial charge is 0.416 e. The monoisotopic (exact) mass is 327 g/mol. The Labute approximate surface area is 140 Å². The topological polar surface area (TPSA) is 0 Å². The van der Waals surface area contributed by atoms with Crippen LogP contribution in [0.4, 0.5) is 13.2 Å². The molecule has 2 aromatic rings. The fourth-order valence-corrected chi connectivity index (χ4v) is 3.01. The van der Waals surface area contributed by atoms with Gasteiger partial charge in [0.25, 0.3) is 0 Å². The van der Waals surface area contributed by atoms with Crippen molar-refractivity contribution in [3.8, 4) is 0 Å². The zero-order valence-electron chi connectivity index (χ0n) is 13.6. The van der Waals surface area contributed by atoms with E-state index in [1.165, 1.54) is 6.08 Å². The average molecular weight is 327 g/mol. The Bertz CT molecular complexity index is 806. The fraction of sp³-hybridized carbons (Fsp3) is 0.190. The van der Waals surface area contributed by atoms with Gasteiger partial charge in [-0.2, -0.15) is 13.2 Å². The van der Waals surface area contributed by atoms with Gasteiger partial charge in [-0.3, -0.25) is 0 Å². The van der Waals surface area contributed by atoms with Crippen molar-refractivity contribution >= 4 is 11.1 Å². The van der Waals surface area contributed by atoms with E-state index in [1.54, 1.807) is 12.1 Å². The first-order valence-corrected chi connectivity index (χ1v) is 7.85. The second-order valence-electron chi connectivity index (χ2n) is 6.08. The first-order chi connectivity index (χ1) is 11.4. The molecule has 123 valence electrons. The van der Waals surface area contributed by atoms with Gasteiger partial charge < -0.3 is 0 Å². The smallest absolute Gasteiger partial charge is 0.166 e. The predicted molar refractivity (Wildman–Crippen MR) is 92.2 cm³/mol. The molecule has 3 rings (SSSR count). The van der Waals surface area contributed by atoms with E-state index in [9.17, 15) is 13.2 Å². The van der Waals surface area contributed by atoms with Crippen LogP contribution in [0.25, 0.3) is 11.1 Å². The quantitative estimate of drug-likeness (QED) is 0.606. The molecule has 0 bridgehead atoms. The molecule has 1 aliphatic rings. The number of hydrogen-bond donors (Lipinski definition) is 0. The summed E-state index contributed by atoms with van der Waals surface area (Å²) in [5.74, 6) is 0. The summed E-state index contributed by atoms with van der Waals surface area (Å²) in [5.41, 5.74) is 3.83. The molecule has 0 aliphatic heterocycles. The van der Waals surface area contributed by atoms with Gasteiger partial charge in [0.15, 0.2) is 0 Å². The lowest BCUT2D eigenvalue weighted by Crippen LogP contribution is -2.17. The Kier molecular flexibility index (Phi) is 4.35. The summed E-state index contributed by atoms with van der Waals surface area (Å²) in [7, 11) is 0. The lowest BCUT2D eigenvalue weighted by atomic mass is 9.82. The highest BCUT2D eigenvalue weighted by Gasteiger charge is 2.38. The zero-order chi connectivity index (χ0) is 17.3. The molecule has 3 heteroatoms. The maximum atomic E-state index is 13.6. The van der Waals surface area contributed by atoms with Crippen LogP contribution in [0.5, 0.6) is 0 Å². The first kappa shape index (κ1) is 16.6. The molecule has 0 aromatic heterocycles. The van der Waals surface area contributed by atoms with Crippen LogP contribution in [-0.4, -0.2) is 6.18 Å². The van der Waals surface area contributed by atoms with Gasteiger partial charge in [-0.05, 0) is 49.0 Å². The highest BCUT2D eigenvalue weighted by atomic mass is 19.4. The van der Waals surface area contributed by atoms with Crippen LogP contribution in [0.15, 0.2) is 60.2 Å². The van der Waals surface area contributed by atoms with Crippen LogP contribution >= 0.6 is 0 Å². The minimum absolute atomic E-state index is 0.263. The molecule has 0 atom stereocenters. The van der Waals surface area contributed by atoms with Crippen LogP contribution in [-0.2, 0) is 0 Å². The molecule has 0 amide bonds. The molecule has 0 heterocycles. The van der Waals surface area contributed by atoms with E-state index >= 15 is 0 Å². The Balaban J connectivity index is 2.25. The molecule has 0 N–H and O–H groups in total. The number of rotatable bonds is 2. The minimum atomic E-state index is -4.37. The molecule has 0 fully saturated rings. The molecule has 1 aliphatic carbocycles. The lowest BCUT2D eigenvalue weighted by Gasteiger charge is -2.24. The summed E-state index contributed by atoms with van der Waals surface area (Å²) in [6.45, 7) is 3.87. The van der Waals surface area contributed by atoms with Gasteiger partial charge in [-0.1, -0.05) is 65.7 Å². The van der Waals surface area contributed by atoms with Crippen LogP contribution < -0.4 is 0 Å². The maximum Gasteiger partial charge on any atom is 0.416 e. The van der Waals surface area contributed by atoms with E-state index in [-0.39, 0.29) is 12.0 Å². The van der Waals surface area contributed by atoms with Crippen molar-refractivity contribution in [2.45, 2.75) is 26.4 Å². The van der Waals surface area contributed by atoms with E-state index in [0.29, 0.717) is 11.1 Å². The summed E-state index contributed by atoms with van der Waals surface area (Å²) < 4.78 is 40.8. The summed E-state index contributed by atoms with van der Waals surface area (Å²) in [6, 6.07) is 14.8. The van der Waals surface area contributed by atoms with Crippen LogP contribution in [0.3, 0.4) is 0 Å². The Morgan fingerprint density at radius 1 is 0.833 bits per heavy atom.